The number of nitrogens with zero attached hydrogens (tertiary/aromatic N) is 7. The van der Waals surface area contributed by atoms with Crippen molar-refractivity contribution in [2.24, 2.45) is 4.99 Å². The first-order valence-electron chi connectivity index (χ1n) is 11.2. The van der Waals surface area contributed by atoms with Crippen LogP contribution in [0.2, 0.25) is 0 Å². The summed E-state index contributed by atoms with van der Waals surface area (Å²) in [4.78, 5) is 49.3. The molecule has 0 spiro atoms. The molecule has 192 valence electrons. The smallest absolute Gasteiger partial charge is 0.356 e. The van der Waals surface area contributed by atoms with Gasteiger partial charge >= 0.3 is 5.97 Å². The Balaban J connectivity index is 0.000000196. The van der Waals surface area contributed by atoms with Gasteiger partial charge in [-0.1, -0.05) is 0 Å². The van der Waals surface area contributed by atoms with Gasteiger partial charge < -0.3 is 9.84 Å². The molecule has 0 unspecified atom stereocenters. The lowest BCUT2D eigenvalue weighted by Crippen LogP contribution is -2.04. The van der Waals surface area contributed by atoms with Crippen LogP contribution in [0.5, 0.6) is 0 Å². The van der Waals surface area contributed by atoms with Crippen molar-refractivity contribution in [1.29, 1.82) is 0 Å². The summed E-state index contributed by atoms with van der Waals surface area (Å²) in [6.07, 6.45) is 7.47. The largest absolute Gasteiger partial charge is 0.506 e. The second-order valence-corrected chi connectivity index (χ2v) is 7.89. The lowest BCUT2D eigenvalue weighted by molar-refractivity contribution is -0.112. The predicted molar refractivity (Wildman–Crippen MR) is 139 cm³/mol. The third kappa shape index (κ3) is 9.84. The molecule has 0 amide bonds. The van der Waals surface area contributed by atoms with Gasteiger partial charge in [0.05, 0.1) is 19.3 Å². The standard InChI is InChI=1S/C10H11N3.C9H10N2O2.C7H8N2O2/c1-7-3-9(5-11-7)10-4-8(2)12-6-13-10;1-6-3-8(11-5-10-6)9(13)4-7(2)12;1-5-3-6(7(10)11-2)9-4-8-5/h3-4,6H,5H2,1-2H3;3-5,13H,1-2H3;3-4H,1-2H3. The molecule has 1 aliphatic heterocycles. The number of carbonyl (C=O) groups is 2. The summed E-state index contributed by atoms with van der Waals surface area (Å²) in [7, 11) is 1.32. The van der Waals surface area contributed by atoms with E-state index in [0.717, 1.165) is 41.1 Å². The number of ether oxygens (including phenoxy) is 1. The highest BCUT2D eigenvalue weighted by atomic mass is 16.5. The van der Waals surface area contributed by atoms with Crippen molar-refractivity contribution >= 4 is 28.8 Å². The average molecular weight is 504 g/mol. The fourth-order valence-corrected chi connectivity index (χ4v) is 2.87. The second-order valence-electron chi connectivity index (χ2n) is 7.89. The van der Waals surface area contributed by atoms with E-state index in [1.54, 1.807) is 32.3 Å². The Kier molecular flexibility index (Phi) is 10.8. The zero-order valence-electron chi connectivity index (χ0n) is 21.6. The minimum absolute atomic E-state index is 0.127. The van der Waals surface area contributed by atoms with Gasteiger partial charge in [-0.3, -0.25) is 9.79 Å². The van der Waals surface area contributed by atoms with Crippen LogP contribution >= 0.6 is 0 Å². The Labute approximate surface area is 215 Å². The van der Waals surface area contributed by atoms with Crippen molar-refractivity contribution in [3.63, 3.8) is 0 Å². The van der Waals surface area contributed by atoms with E-state index in [-0.39, 0.29) is 11.5 Å². The summed E-state index contributed by atoms with van der Waals surface area (Å²) in [5.74, 6) is -0.776. The molecule has 4 heterocycles. The molecule has 37 heavy (non-hydrogen) atoms. The Hall–Kier alpha value is -4.67. The molecule has 0 fully saturated rings. The molecule has 0 saturated carbocycles. The number of aromatic nitrogens is 6. The summed E-state index contributed by atoms with van der Waals surface area (Å²) < 4.78 is 4.46. The summed E-state index contributed by atoms with van der Waals surface area (Å²) >= 11 is 0. The first kappa shape index (κ1) is 28.6. The highest BCUT2D eigenvalue weighted by Gasteiger charge is 2.08. The summed E-state index contributed by atoms with van der Waals surface area (Å²) in [6, 6.07) is 5.17. The van der Waals surface area contributed by atoms with Crippen LogP contribution in [-0.2, 0) is 9.53 Å². The van der Waals surface area contributed by atoms with Gasteiger partial charge in [-0.15, -0.1) is 0 Å². The van der Waals surface area contributed by atoms with Crippen LogP contribution in [0.4, 0.5) is 0 Å². The van der Waals surface area contributed by atoms with Crippen molar-refractivity contribution in [1.82, 2.24) is 29.9 Å². The zero-order chi connectivity index (χ0) is 27.4. The first-order valence-corrected chi connectivity index (χ1v) is 11.2. The van der Waals surface area contributed by atoms with Crippen molar-refractivity contribution in [3.05, 3.63) is 83.5 Å². The zero-order valence-corrected chi connectivity index (χ0v) is 21.6. The number of aliphatic imine (C=N–C) groups is 1. The molecule has 0 radical (unpaired) electrons. The van der Waals surface area contributed by atoms with E-state index in [4.69, 9.17) is 0 Å². The van der Waals surface area contributed by atoms with E-state index in [9.17, 15) is 14.7 Å². The van der Waals surface area contributed by atoms with E-state index >= 15 is 0 Å². The van der Waals surface area contributed by atoms with Gasteiger partial charge in [-0.25, -0.2) is 34.7 Å². The van der Waals surface area contributed by atoms with Crippen molar-refractivity contribution in [2.75, 3.05) is 13.7 Å². The molecule has 1 N–H and O–H groups in total. The molecule has 11 nitrogen and oxygen atoms in total. The molecule has 4 rings (SSSR count). The number of esters is 1. The molecule has 0 aromatic carbocycles. The summed E-state index contributed by atoms with van der Waals surface area (Å²) in [5.41, 5.74) is 6.40. The van der Waals surface area contributed by atoms with Crippen LogP contribution in [0, 0.1) is 20.8 Å². The van der Waals surface area contributed by atoms with Crippen LogP contribution < -0.4 is 0 Å². The predicted octanol–water partition coefficient (Wildman–Crippen LogP) is 3.49. The van der Waals surface area contributed by atoms with Gasteiger partial charge in [0.15, 0.2) is 11.5 Å². The number of aliphatic hydroxyl groups is 1. The number of aryl methyl sites for hydroxylation is 3. The summed E-state index contributed by atoms with van der Waals surface area (Å²) in [6.45, 7) is 9.66. The number of ketones is 1. The minimum Gasteiger partial charge on any atom is -0.506 e. The van der Waals surface area contributed by atoms with E-state index < -0.39 is 5.97 Å². The fourth-order valence-electron chi connectivity index (χ4n) is 2.87. The van der Waals surface area contributed by atoms with E-state index in [0.29, 0.717) is 11.4 Å². The number of aliphatic hydroxyl groups excluding tert-OH is 1. The van der Waals surface area contributed by atoms with Gasteiger partial charge in [-0.2, -0.15) is 0 Å². The third-order valence-electron chi connectivity index (χ3n) is 4.62. The van der Waals surface area contributed by atoms with Crippen LogP contribution in [0.15, 0.2) is 54.3 Å². The molecular weight excluding hydrogens is 474 g/mol. The molecule has 0 saturated heterocycles. The summed E-state index contributed by atoms with van der Waals surface area (Å²) in [5, 5.41) is 9.37. The van der Waals surface area contributed by atoms with Crippen molar-refractivity contribution < 1.29 is 19.4 Å². The van der Waals surface area contributed by atoms with Gasteiger partial charge in [0.1, 0.15) is 30.4 Å². The van der Waals surface area contributed by atoms with Gasteiger partial charge in [0.25, 0.3) is 0 Å². The number of carbonyl (C=O) groups excluding carboxylic acids is 2. The Morgan fingerprint density at radius 1 is 0.838 bits per heavy atom. The normalized spacial score (nSPS) is 12.2. The molecule has 11 heteroatoms. The molecule has 0 atom stereocenters. The van der Waals surface area contributed by atoms with Gasteiger partial charge in [0.2, 0.25) is 0 Å². The van der Waals surface area contributed by atoms with Crippen LogP contribution in [-0.4, -0.2) is 66.1 Å². The number of hydrogen-bond donors (Lipinski definition) is 1. The minimum atomic E-state index is -0.435. The Morgan fingerprint density at radius 3 is 1.86 bits per heavy atom. The quantitative estimate of drug-likeness (QED) is 0.318. The molecule has 1 aliphatic rings. The maximum absolute atomic E-state index is 10.9. The Bertz CT molecular complexity index is 1300. The molecule has 3 aromatic rings. The van der Waals surface area contributed by atoms with Crippen LogP contribution in [0.25, 0.3) is 11.3 Å². The highest BCUT2D eigenvalue weighted by molar-refractivity contribution is 6.02. The number of rotatable bonds is 4. The number of methoxy groups -OCH3 is 1. The van der Waals surface area contributed by atoms with Gasteiger partial charge in [-0.05, 0) is 58.9 Å². The van der Waals surface area contributed by atoms with Gasteiger partial charge in [0, 0.05) is 34.4 Å². The first-order chi connectivity index (χ1) is 17.6. The average Bonchev–Trinajstić information content (AvgIpc) is 3.30. The molecule has 3 aromatic heterocycles. The van der Waals surface area contributed by atoms with Crippen LogP contribution in [0.3, 0.4) is 0 Å². The van der Waals surface area contributed by atoms with E-state index in [1.807, 2.05) is 19.9 Å². The maximum Gasteiger partial charge on any atom is 0.356 e. The monoisotopic (exact) mass is 503 g/mol. The molecule has 0 aliphatic carbocycles. The highest BCUT2D eigenvalue weighted by Crippen LogP contribution is 2.16. The SMILES string of the molecule is CC(=O)C=C(O)c1cc(C)ncn1.CC1=NCC(c2cc(C)ncn2)=C1.COC(=O)c1cc(C)ncn1. The molecule has 0 bridgehead atoms. The lowest BCUT2D eigenvalue weighted by Gasteiger charge is -1.99. The van der Waals surface area contributed by atoms with Crippen molar-refractivity contribution in [3.8, 4) is 0 Å². The van der Waals surface area contributed by atoms with E-state index in [2.05, 4.69) is 45.7 Å². The second kappa shape index (κ2) is 14.0. The third-order valence-corrected chi connectivity index (χ3v) is 4.62. The maximum atomic E-state index is 10.9. The lowest BCUT2D eigenvalue weighted by atomic mass is 10.1. The fraction of sp³-hybridized carbons (Fsp3) is 0.269. The molecular formula is C26H29N7O4. The van der Waals surface area contributed by atoms with Crippen LogP contribution in [0.1, 0.15) is 52.8 Å². The number of hydrogen-bond acceptors (Lipinski definition) is 11. The Morgan fingerprint density at radius 2 is 1.38 bits per heavy atom. The van der Waals surface area contributed by atoms with E-state index in [1.165, 1.54) is 32.3 Å². The van der Waals surface area contributed by atoms with Crippen molar-refractivity contribution in [2.45, 2.75) is 34.6 Å². The number of allylic oxidation sites excluding steroid dienone is 2. The topological polar surface area (TPSA) is 153 Å².